The summed E-state index contributed by atoms with van der Waals surface area (Å²) in [5.41, 5.74) is 0. The van der Waals surface area contributed by atoms with Crippen molar-refractivity contribution in [3.05, 3.63) is 0 Å². The van der Waals surface area contributed by atoms with E-state index in [9.17, 15) is 19.2 Å². The number of fused-ring (bicyclic) bond motifs is 2. The van der Waals surface area contributed by atoms with Crippen molar-refractivity contribution in [1.82, 2.24) is 41.7 Å². The number of urea groups is 4. The van der Waals surface area contributed by atoms with Gasteiger partial charge in [-0.3, -0.25) is 9.80 Å². The normalized spacial score (nSPS) is 35.3. The molecule has 0 aromatic heterocycles. The zero-order chi connectivity index (χ0) is 15.4. The van der Waals surface area contributed by atoms with Gasteiger partial charge in [-0.25, -0.2) is 19.2 Å². The molecule has 0 bridgehead atoms. The fourth-order valence-corrected chi connectivity index (χ4v) is 3.09. The third kappa shape index (κ3) is 1.76. The van der Waals surface area contributed by atoms with Crippen LogP contribution in [0.25, 0.3) is 0 Å². The van der Waals surface area contributed by atoms with E-state index in [1.165, 1.54) is 9.80 Å². The molecule has 4 atom stereocenters. The van der Waals surface area contributed by atoms with E-state index in [1.807, 2.05) is 0 Å². The SMILES string of the molecule is O=C1NC2NC(=O)N(CCN3C(=O)NC4NC(=O)NC43)C2N1. The van der Waals surface area contributed by atoms with E-state index >= 15 is 0 Å². The van der Waals surface area contributed by atoms with Crippen LogP contribution in [0, 0.1) is 0 Å². The molecule has 4 fully saturated rings. The fraction of sp³-hybridized carbons (Fsp3) is 0.600. The van der Waals surface area contributed by atoms with Crippen molar-refractivity contribution in [2.45, 2.75) is 24.7 Å². The fourth-order valence-electron chi connectivity index (χ4n) is 3.09. The molecule has 0 radical (unpaired) electrons. The molecule has 6 N–H and O–H groups in total. The summed E-state index contributed by atoms with van der Waals surface area (Å²) in [6.45, 7) is 0.447. The highest BCUT2D eigenvalue weighted by molar-refractivity contribution is 5.86. The molecule has 4 aliphatic rings. The maximum atomic E-state index is 11.9. The Morgan fingerprint density at radius 3 is 1.45 bits per heavy atom. The maximum Gasteiger partial charge on any atom is 0.320 e. The summed E-state index contributed by atoms with van der Waals surface area (Å²) in [6.07, 6.45) is -1.93. The average molecular weight is 310 g/mol. The number of hydrogen-bond donors (Lipinski definition) is 6. The molecule has 12 nitrogen and oxygen atoms in total. The Bertz CT molecular complexity index is 531. The van der Waals surface area contributed by atoms with Crippen LogP contribution in [0.2, 0.25) is 0 Å². The van der Waals surface area contributed by atoms with E-state index < -0.39 is 24.7 Å². The second-order valence-electron chi connectivity index (χ2n) is 5.37. The maximum absolute atomic E-state index is 11.9. The van der Waals surface area contributed by atoms with Crippen molar-refractivity contribution in [2.75, 3.05) is 13.1 Å². The van der Waals surface area contributed by atoms with Crippen LogP contribution >= 0.6 is 0 Å². The largest absolute Gasteiger partial charge is 0.320 e. The first kappa shape index (κ1) is 12.8. The molecule has 0 spiro atoms. The summed E-state index contributed by atoms with van der Waals surface area (Å²) in [4.78, 5) is 49.2. The van der Waals surface area contributed by atoms with Crippen molar-refractivity contribution < 1.29 is 19.2 Å². The molecule has 4 unspecified atom stereocenters. The molecular formula is C10H14N8O4. The summed E-state index contributed by atoms with van der Waals surface area (Å²) in [5, 5.41) is 15.7. The van der Waals surface area contributed by atoms with Crippen LogP contribution in [0.15, 0.2) is 0 Å². The number of rotatable bonds is 3. The third-order valence-electron chi connectivity index (χ3n) is 4.10. The highest BCUT2D eigenvalue weighted by Gasteiger charge is 2.48. The molecule has 0 aromatic carbocycles. The molecule has 0 aliphatic carbocycles. The number of hydrogen-bond acceptors (Lipinski definition) is 4. The number of nitrogens with one attached hydrogen (secondary N) is 6. The highest BCUT2D eigenvalue weighted by Crippen LogP contribution is 2.17. The van der Waals surface area contributed by atoms with Gasteiger partial charge in [0, 0.05) is 13.1 Å². The lowest BCUT2D eigenvalue weighted by Crippen LogP contribution is -2.50. The van der Waals surface area contributed by atoms with E-state index in [4.69, 9.17) is 0 Å². The minimum absolute atomic E-state index is 0.224. The van der Waals surface area contributed by atoms with Gasteiger partial charge < -0.3 is 31.9 Å². The van der Waals surface area contributed by atoms with Crippen molar-refractivity contribution in [3.8, 4) is 0 Å². The minimum atomic E-state index is -0.488. The molecule has 4 saturated heterocycles. The molecular weight excluding hydrogens is 296 g/mol. The van der Waals surface area contributed by atoms with Crippen molar-refractivity contribution in [1.29, 1.82) is 0 Å². The van der Waals surface area contributed by atoms with Crippen molar-refractivity contribution in [3.63, 3.8) is 0 Å². The zero-order valence-electron chi connectivity index (χ0n) is 11.3. The summed E-state index contributed by atoms with van der Waals surface area (Å²) < 4.78 is 0. The lowest BCUT2D eigenvalue weighted by Gasteiger charge is -2.26. The van der Waals surface area contributed by atoms with Crippen molar-refractivity contribution >= 4 is 24.1 Å². The Morgan fingerprint density at radius 1 is 0.636 bits per heavy atom. The monoisotopic (exact) mass is 310 g/mol. The first-order valence-corrected chi connectivity index (χ1v) is 6.81. The Labute approximate surface area is 123 Å². The van der Waals surface area contributed by atoms with Crippen LogP contribution < -0.4 is 31.9 Å². The molecule has 22 heavy (non-hydrogen) atoms. The highest BCUT2D eigenvalue weighted by atomic mass is 16.2. The average Bonchev–Trinajstić information content (AvgIpc) is 3.10. The predicted octanol–water partition coefficient (Wildman–Crippen LogP) is -3.03. The van der Waals surface area contributed by atoms with E-state index in [1.54, 1.807) is 0 Å². The summed E-state index contributed by atoms with van der Waals surface area (Å²) in [5.74, 6) is 0. The molecule has 12 heteroatoms. The van der Waals surface area contributed by atoms with Crippen molar-refractivity contribution in [2.24, 2.45) is 0 Å². The molecule has 4 aliphatic heterocycles. The Balaban J connectivity index is 1.42. The van der Waals surface area contributed by atoms with Crippen LogP contribution in [0.3, 0.4) is 0 Å². The van der Waals surface area contributed by atoms with Crippen LogP contribution in [-0.2, 0) is 0 Å². The van der Waals surface area contributed by atoms with Gasteiger partial charge in [-0.1, -0.05) is 0 Å². The van der Waals surface area contributed by atoms with Gasteiger partial charge in [-0.05, 0) is 0 Å². The Hall–Kier alpha value is -2.92. The van der Waals surface area contributed by atoms with Gasteiger partial charge in [-0.15, -0.1) is 0 Å². The topological polar surface area (TPSA) is 147 Å². The first-order valence-electron chi connectivity index (χ1n) is 6.81. The van der Waals surface area contributed by atoms with Crippen LogP contribution in [0.1, 0.15) is 0 Å². The molecule has 8 amide bonds. The number of carbonyl (C=O) groups is 4. The summed E-state index contributed by atoms with van der Waals surface area (Å²) in [6, 6.07) is -1.36. The van der Waals surface area contributed by atoms with Gasteiger partial charge >= 0.3 is 24.1 Å². The lowest BCUT2D eigenvalue weighted by molar-refractivity contribution is 0.166. The Morgan fingerprint density at radius 2 is 1.05 bits per heavy atom. The number of amides is 8. The second kappa shape index (κ2) is 4.29. The zero-order valence-corrected chi connectivity index (χ0v) is 11.3. The van der Waals surface area contributed by atoms with Gasteiger partial charge in [0.1, 0.15) is 24.7 Å². The van der Waals surface area contributed by atoms with Gasteiger partial charge in [0.05, 0.1) is 0 Å². The quantitative estimate of drug-likeness (QED) is 0.329. The number of carbonyl (C=O) groups excluding carboxylic acids is 4. The third-order valence-corrected chi connectivity index (χ3v) is 4.10. The molecule has 0 aromatic rings. The summed E-state index contributed by atoms with van der Waals surface area (Å²) >= 11 is 0. The lowest BCUT2D eigenvalue weighted by atomic mass is 10.3. The minimum Gasteiger partial charge on any atom is -0.314 e. The first-order chi connectivity index (χ1) is 10.5. The molecule has 0 saturated carbocycles. The smallest absolute Gasteiger partial charge is 0.314 e. The van der Waals surface area contributed by atoms with Crippen LogP contribution in [0.5, 0.6) is 0 Å². The van der Waals surface area contributed by atoms with E-state index in [0.717, 1.165) is 0 Å². The van der Waals surface area contributed by atoms with Crippen LogP contribution in [0.4, 0.5) is 19.2 Å². The molecule has 4 heterocycles. The second-order valence-corrected chi connectivity index (χ2v) is 5.37. The van der Waals surface area contributed by atoms with Gasteiger partial charge in [-0.2, -0.15) is 0 Å². The Kier molecular flexibility index (Phi) is 2.49. The molecule has 4 rings (SSSR count). The van der Waals surface area contributed by atoms with E-state index in [0.29, 0.717) is 0 Å². The predicted molar refractivity (Wildman–Crippen MR) is 69.0 cm³/mol. The van der Waals surface area contributed by atoms with E-state index in [2.05, 4.69) is 31.9 Å². The van der Waals surface area contributed by atoms with Gasteiger partial charge in [0.15, 0.2) is 0 Å². The summed E-state index contributed by atoms with van der Waals surface area (Å²) in [7, 11) is 0. The standard InChI is InChI=1S/C10H14N8O4/c19-7-11-3-5(15-7)17(9(21)13-3)1-2-18-6-4(14-10(18)22)12-8(20)16-6/h3-6H,1-2H2,(H,13,21)(H,14,22)(H2,11,15,19)(H2,12,16,20). The van der Waals surface area contributed by atoms with Gasteiger partial charge in [0.25, 0.3) is 0 Å². The number of nitrogens with zero attached hydrogens (tertiary/aromatic N) is 2. The van der Waals surface area contributed by atoms with Crippen LogP contribution in [-0.4, -0.2) is 71.7 Å². The van der Waals surface area contributed by atoms with E-state index in [-0.39, 0.29) is 37.2 Å². The molecule has 118 valence electrons. The van der Waals surface area contributed by atoms with Gasteiger partial charge in [0.2, 0.25) is 0 Å².